The van der Waals surface area contributed by atoms with Gasteiger partial charge in [0.15, 0.2) is 0 Å². The van der Waals surface area contributed by atoms with Gasteiger partial charge >= 0.3 is 5.69 Å². The molecule has 0 saturated carbocycles. The summed E-state index contributed by atoms with van der Waals surface area (Å²) in [4.78, 5) is 39.6. The van der Waals surface area contributed by atoms with Gasteiger partial charge in [-0.3, -0.25) is 18.7 Å². The van der Waals surface area contributed by atoms with Crippen LogP contribution in [-0.4, -0.2) is 15.0 Å². The number of nitrogens with zero attached hydrogens (tertiary/aromatic N) is 2. The van der Waals surface area contributed by atoms with E-state index < -0.39 is 0 Å². The zero-order valence-corrected chi connectivity index (χ0v) is 21.6. The van der Waals surface area contributed by atoms with E-state index in [0.717, 1.165) is 22.3 Å². The first kappa shape index (κ1) is 25.2. The van der Waals surface area contributed by atoms with Crippen LogP contribution >= 0.6 is 11.6 Å². The Kier molecular flexibility index (Phi) is 7.24. The Balaban J connectivity index is 1.42. The molecule has 190 valence electrons. The topological polar surface area (TPSA) is 73.1 Å². The second kappa shape index (κ2) is 10.9. The Labute approximate surface area is 224 Å². The quantitative estimate of drug-likeness (QED) is 0.320. The van der Waals surface area contributed by atoms with Gasteiger partial charge in [-0.1, -0.05) is 78.3 Å². The van der Waals surface area contributed by atoms with E-state index in [9.17, 15) is 14.4 Å². The predicted molar refractivity (Wildman–Crippen MR) is 151 cm³/mol. The van der Waals surface area contributed by atoms with Gasteiger partial charge < -0.3 is 5.32 Å². The Morgan fingerprint density at radius 1 is 0.763 bits per heavy atom. The van der Waals surface area contributed by atoms with Crippen LogP contribution < -0.4 is 16.6 Å². The van der Waals surface area contributed by atoms with Crippen LogP contribution in [0.5, 0.6) is 0 Å². The molecular formula is C31H26ClN3O3. The summed E-state index contributed by atoms with van der Waals surface area (Å²) in [5.41, 5.74) is 4.02. The van der Waals surface area contributed by atoms with Gasteiger partial charge in [0, 0.05) is 17.1 Å². The number of nitrogens with one attached hydrogen (secondary N) is 1. The number of amides is 1. The Hall–Kier alpha value is -4.42. The first-order valence-electron chi connectivity index (χ1n) is 12.3. The van der Waals surface area contributed by atoms with Crippen molar-refractivity contribution in [2.24, 2.45) is 0 Å². The fraction of sp³-hybridized carbons (Fsp3) is 0.129. The second-order valence-corrected chi connectivity index (χ2v) is 9.58. The van der Waals surface area contributed by atoms with E-state index in [0.29, 0.717) is 34.6 Å². The van der Waals surface area contributed by atoms with E-state index in [-0.39, 0.29) is 23.7 Å². The van der Waals surface area contributed by atoms with Crippen molar-refractivity contribution < 1.29 is 4.79 Å². The van der Waals surface area contributed by atoms with E-state index in [1.807, 2.05) is 55.5 Å². The fourth-order valence-electron chi connectivity index (χ4n) is 4.48. The summed E-state index contributed by atoms with van der Waals surface area (Å²) in [6, 6.07) is 29.3. The van der Waals surface area contributed by atoms with E-state index in [4.69, 9.17) is 11.6 Å². The van der Waals surface area contributed by atoms with Crippen molar-refractivity contribution in [3.8, 4) is 0 Å². The molecule has 5 rings (SSSR count). The molecule has 5 aromatic rings. The molecule has 4 aromatic carbocycles. The van der Waals surface area contributed by atoms with E-state index in [2.05, 4.69) is 5.32 Å². The van der Waals surface area contributed by atoms with Crippen molar-refractivity contribution in [1.82, 2.24) is 14.5 Å². The summed E-state index contributed by atoms with van der Waals surface area (Å²) < 4.78 is 2.91. The summed E-state index contributed by atoms with van der Waals surface area (Å²) in [6.07, 6.45) is 0. The minimum absolute atomic E-state index is 0.0950. The van der Waals surface area contributed by atoms with Crippen LogP contribution in [0.1, 0.15) is 32.6 Å². The number of rotatable bonds is 7. The molecule has 1 aromatic heterocycles. The fourth-order valence-corrected chi connectivity index (χ4v) is 4.69. The molecule has 0 spiro atoms. The molecule has 1 amide bonds. The van der Waals surface area contributed by atoms with Crippen molar-refractivity contribution in [1.29, 1.82) is 0 Å². The Morgan fingerprint density at radius 2 is 1.42 bits per heavy atom. The maximum atomic E-state index is 13.6. The monoisotopic (exact) mass is 523 g/mol. The molecule has 0 radical (unpaired) electrons. The number of carbonyl (C=O) groups is 1. The number of benzene rings is 4. The summed E-state index contributed by atoms with van der Waals surface area (Å²) in [7, 11) is 0. The molecule has 0 fully saturated rings. The number of hydrogen-bond donors (Lipinski definition) is 1. The van der Waals surface area contributed by atoms with Crippen LogP contribution in [0.4, 0.5) is 0 Å². The highest BCUT2D eigenvalue weighted by molar-refractivity contribution is 6.31. The molecule has 0 aliphatic carbocycles. The SMILES string of the molecule is Cc1ccccc1Cn1c(=O)n(Cc2ccc(C(=O)NCc3ccccc3Cl)cc2)c(=O)c2ccccc21. The van der Waals surface area contributed by atoms with Crippen molar-refractivity contribution in [3.63, 3.8) is 0 Å². The molecular weight excluding hydrogens is 498 g/mol. The molecule has 6 nitrogen and oxygen atoms in total. The molecule has 0 saturated heterocycles. The maximum absolute atomic E-state index is 13.6. The van der Waals surface area contributed by atoms with Crippen LogP contribution in [0.3, 0.4) is 0 Å². The van der Waals surface area contributed by atoms with Crippen molar-refractivity contribution in [2.75, 3.05) is 0 Å². The highest BCUT2D eigenvalue weighted by Gasteiger charge is 2.15. The molecule has 1 N–H and O–H groups in total. The molecule has 1 heterocycles. The first-order valence-corrected chi connectivity index (χ1v) is 12.7. The summed E-state index contributed by atoms with van der Waals surface area (Å²) >= 11 is 6.17. The average Bonchev–Trinajstić information content (AvgIpc) is 2.94. The lowest BCUT2D eigenvalue weighted by Crippen LogP contribution is -2.40. The predicted octanol–water partition coefficient (Wildman–Crippen LogP) is 5.15. The maximum Gasteiger partial charge on any atom is 0.332 e. The summed E-state index contributed by atoms with van der Waals surface area (Å²) in [5.74, 6) is -0.236. The van der Waals surface area contributed by atoms with Crippen LogP contribution in [0.25, 0.3) is 10.9 Å². The molecule has 0 aliphatic heterocycles. The third kappa shape index (κ3) is 5.17. The van der Waals surface area contributed by atoms with E-state index in [1.54, 1.807) is 53.1 Å². The molecule has 0 atom stereocenters. The lowest BCUT2D eigenvalue weighted by molar-refractivity contribution is 0.0951. The number of carbonyl (C=O) groups excluding carboxylic acids is 1. The molecule has 7 heteroatoms. The van der Waals surface area contributed by atoms with Crippen molar-refractivity contribution >= 4 is 28.4 Å². The third-order valence-electron chi connectivity index (χ3n) is 6.68. The van der Waals surface area contributed by atoms with Crippen LogP contribution in [-0.2, 0) is 19.6 Å². The molecule has 38 heavy (non-hydrogen) atoms. The minimum atomic E-state index is -0.376. The van der Waals surface area contributed by atoms with Crippen LogP contribution in [0.2, 0.25) is 5.02 Å². The lowest BCUT2D eigenvalue weighted by Gasteiger charge is -2.15. The molecule has 0 unspecified atom stereocenters. The highest BCUT2D eigenvalue weighted by atomic mass is 35.5. The number of hydrogen-bond acceptors (Lipinski definition) is 3. The van der Waals surface area contributed by atoms with Crippen LogP contribution in [0, 0.1) is 6.92 Å². The van der Waals surface area contributed by atoms with Gasteiger partial charge in [-0.2, -0.15) is 0 Å². The molecule has 0 aliphatic rings. The highest BCUT2D eigenvalue weighted by Crippen LogP contribution is 2.16. The van der Waals surface area contributed by atoms with E-state index >= 15 is 0 Å². The van der Waals surface area contributed by atoms with Crippen molar-refractivity contribution in [3.05, 3.63) is 151 Å². The largest absolute Gasteiger partial charge is 0.348 e. The molecule has 0 bridgehead atoms. The van der Waals surface area contributed by atoms with Crippen LogP contribution in [0.15, 0.2) is 107 Å². The Morgan fingerprint density at radius 3 is 2.16 bits per heavy atom. The van der Waals surface area contributed by atoms with Gasteiger partial charge in [0.1, 0.15) is 0 Å². The number of halogens is 1. The minimum Gasteiger partial charge on any atom is -0.348 e. The van der Waals surface area contributed by atoms with Gasteiger partial charge in [-0.15, -0.1) is 0 Å². The number of aryl methyl sites for hydroxylation is 1. The van der Waals surface area contributed by atoms with Gasteiger partial charge in [0.25, 0.3) is 11.5 Å². The average molecular weight is 524 g/mol. The third-order valence-corrected chi connectivity index (χ3v) is 7.04. The smallest absolute Gasteiger partial charge is 0.332 e. The summed E-state index contributed by atoms with van der Waals surface area (Å²) in [5, 5.41) is 3.94. The number of aromatic nitrogens is 2. The van der Waals surface area contributed by atoms with Gasteiger partial charge in [0.2, 0.25) is 0 Å². The van der Waals surface area contributed by atoms with Gasteiger partial charge in [-0.05, 0) is 59.5 Å². The first-order chi connectivity index (χ1) is 18.4. The normalized spacial score (nSPS) is 11.0. The lowest BCUT2D eigenvalue weighted by atomic mass is 10.1. The van der Waals surface area contributed by atoms with Gasteiger partial charge in [-0.25, -0.2) is 4.79 Å². The standard InChI is InChI=1S/C31H26ClN3O3/c1-21-8-2-3-10-25(21)20-34-28-13-7-5-11-26(28)30(37)35(31(34)38)19-22-14-16-23(17-15-22)29(36)33-18-24-9-4-6-12-27(24)32/h2-17H,18-20H2,1H3,(H,33,36). The summed E-state index contributed by atoms with van der Waals surface area (Å²) in [6.45, 7) is 2.77. The zero-order chi connectivity index (χ0) is 26.6. The Bertz CT molecular complexity index is 1750. The second-order valence-electron chi connectivity index (χ2n) is 9.17. The zero-order valence-electron chi connectivity index (χ0n) is 20.9. The number of para-hydroxylation sites is 1. The van der Waals surface area contributed by atoms with Crippen molar-refractivity contribution in [2.45, 2.75) is 26.6 Å². The van der Waals surface area contributed by atoms with Gasteiger partial charge in [0.05, 0.1) is 24.0 Å². The van der Waals surface area contributed by atoms with E-state index in [1.165, 1.54) is 4.57 Å². The number of fused-ring (bicyclic) bond motifs is 1.